The Morgan fingerprint density at radius 1 is 0.768 bits per heavy atom. The second kappa shape index (κ2) is 24.9. The summed E-state index contributed by atoms with van der Waals surface area (Å²) in [5.41, 5.74) is 6.92. The maximum Gasteiger partial charge on any atom is 0.490 e. The summed E-state index contributed by atoms with van der Waals surface area (Å²) in [7, 11) is 1.15. The number of aromatic hydroxyl groups is 1. The second-order valence-electron chi connectivity index (χ2n) is 12.2. The molecule has 2 unspecified atom stereocenters. The normalized spacial score (nSPS) is 16.4. The molecular weight excluding hydrogens is 989 g/mol. The Hall–Kier alpha value is -3.64. The monoisotopic (exact) mass is 1030 g/mol. The Kier molecular flexibility index (Phi) is 22.4. The summed E-state index contributed by atoms with van der Waals surface area (Å²) in [6, 6.07) is 1.05. The zero-order valence-corrected chi connectivity index (χ0v) is 34.3. The number of aliphatic carboxylic acids is 4. The van der Waals surface area contributed by atoms with Gasteiger partial charge in [-0.15, -0.1) is 0 Å². The molecule has 9 N–H and O–H groups in total. The minimum Gasteiger partial charge on any atom is -0.506 e. The van der Waals surface area contributed by atoms with Crippen molar-refractivity contribution in [3.05, 3.63) is 24.8 Å². The molecule has 1 aromatic carbocycles. The van der Waals surface area contributed by atoms with Crippen LogP contribution in [0.4, 0.5) is 13.2 Å². The van der Waals surface area contributed by atoms with E-state index >= 15 is 0 Å². The summed E-state index contributed by atoms with van der Waals surface area (Å²) in [4.78, 5) is 88.7. The van der Waals surface area contributed by atoms with Crippen LogP contribution in [0.25, 0.3) is 0 Å². The van der Waals surface area contributed by atoms with Gasteiger partial charge in [0.2, 0.25) is 11.8 Å². The van der Waals surface area contributed by atoms with Crippen LogP contribution in [0.3, 0.4) is 0 Å². The first-order valence-corrected chi connectivity index (χ1v) is 18.6. The minimum atomic E-state index is -5.08. The number of nitrogens with two attached hydrogens (primary N) is 1. The SMILES string of the molecule is COC(=O)CNC(=O)C(CN1CCN(CC(=O)O)CCN(CC(=O)O)CCN(CC(=O)O)CC1)NC(=O)C(N)Cc1cc(I)c(O)c(I)c1.O=C(O)C(F)(F)F. The van der Waals surface area contributed by atoms with Gasteiger partial charge < -0.3 is 46.6 Å². The highest BCUT2D eigenvalue weighted by Crippen LogP contribution is 2.27. The number of carbonyl (C=O) groups excluding carboxylic acids is 3. The first-order chi connectivity index (χ1) is 26.0. The van der Waals surface area contributed by atoms with Crippen LogP contribution in [0.15, 0.2) is 12.1 Å². The number of amides is 2. The number of carboxylic acids is 4. The van der Waals surface area contributed by atoms with E-state index in [1.165, 1.54) is 0 Å². The first-order valence-electron chi connectivity index (χ1n) is 16.4. The van der Waals surface area contributed by atoms with Gasteiger partial charge in [-0.1, -0.05) is 0 Å². The molecule has 1 heterocycles. The predicted octanol–water partition coefficient (Wildman–Crippen LogP) is -1.65. The molecule has 2 atom stereocenters. The van der Waals surface area contributed by atoms with Gasteiger partial charge in [0, 0.05) is 58.9 Å². The van der Waals surface area contributed by atoms with Crippen LogP contribution < -0.4 is 16.4 Å². The number of hydrogen-bond acceptors (Lipinski definition) is 14. The van der Waals surface area contributed by atoms with Crippen LogP contribution in [-0.2, 0) is 44.7 Å². The van der Waals surface area contributed by atoms with Crippen molar-refractivity contribution >= 4 is 86.8 Å². The van der Waals surface area contributed by atoms with Gasteiger partial charge in [0.15, 0.2) is 0 Å². The second-order valence-corrected chi connectivity index (χ2v) is 14.5. The Balaban J connectivity index is 0.00000203. The first kappa shape index (κ1) is 50.4. The quantitative estimate of drug-likeness (QED) is 0.0722. The highest BCUT2D eigenvalue weighted by atomic mass is 127. The van der Waals surface area contributed by atoms with Crippen LogP contribution >= 0.6 is 45.2 Å². The lowest BCUT2D eigenvalue weighted by Crippen LogP contribution is -2.58. The molecule has 56 heavy (non-hydrogen) atoms. The molecule has 0 saturated carbocycles. The van der Waals surface area contributed by atoms with Gasteiger partial charge in [0.1, 0.15) is 18.3 Å². The van der Waals surface area contributed by atoms with E-state index in [1.54, 1.807) is 31.7 Å². The average Bonchev–Trinajstić information content (AvgIpc) is 3.09. The van der Waals surface area contributed by atoms with Crippen molar-refractivity contribution in [2.45, 2.75) is 24.7 Å². The Morgan fingerprint density at radius 3 is 1.48 bits per heavy atom. The van der Waals surface area contributed by atoms with Crippen LogP contribution in [0.5, 0.6) is 5.75 Å². The number of nitrogens with zero attached hydrogens (tertiary/aromatic N) is 4. The van der Waals surface area contributed by atoms with Crippen molar-refractivity contribution in [2.24, 2.45) is 5.73 Å². The van der Waals surface area contributed by atoms with Crippen LogP contribution in [-0.4, -0.2) is 197 Å². The molecule has 0 aliphatic carbocycles. The molecule has 0 bridgehead atoms. The maximum atomic E-state index is 13.3. The molecule has 1 aliphatic heterocycles. The third-order valence-electron chi connectivity index (χ3n) is 7.83. The van der Waals surface area contributed by atoms with E-state index in [0.717, 1.165) is 7.11 Å². The number of ether oxygens (including phenoxy) is 1. The Labute approximate surface area is 345 Å². The lowest BCUT2D eigenvalue weighted by molar-refractivity contribution is -0.192. The van der Waals surface area contributed by atoms with E-state index in [9.17, 15) is 62.4 Å². The standard InChI is InChI=1S/C29H43I2N7O11.C2HF3O2/c1-49-26(45)13-33-29(48)22(34-28(47)21(32)12-18-10-19(30)27(46)20(31)11-18)14-35-2-4-36(15-23(39)40)6-8-38(17-25(43)44)9-7-37(5-3-35)16-24(41)42;3-2(4,5)1(6)7/h10-11,21-22,46H,2-9,12-17,32H2,1H3,(H,33,48)(H,34,47)(H,39,40)(H,41,42)(H,43,44);(H,6,7). The highest BCUT2D eigenvalue weighted by molar-refractivity contribution is 14.1. The number of esters is 1. The van der Waals surface area contributed by atoms with Gasteiger partial charge >= 0.3 is 36.0 Å². The largest absolute Gasteiger partial charge is 0.506 e. The number of phenolic OH excluding ortho intramolecular Hbond substituents is 1. The van der Waals surface area contributed by atoms with Crippen molar-refractivity contribution in [3.8, 4) is 5.75 Å². The van der Waals surface area contributed by atoms with Crippen molar-refractivity contribution in [3.63, 3.8) is 0 Å². The van der Waals surface area contributed by atoms with Crippen LogP contribution in [0.2, 0.25) is 0 Å². The molecule has 0 radical (unpaired) electrons. The van der Waals surface area contributed by atoms with Gasteiger partial charge in [-0.3, -0.25) is 48.4 Å². The summed E-state index contributed by atoms with van der Waals surface area (Å²) in [5.74, 6) is -7.98. The van der Waals surface area contributed by atoms with Gasteiger partial charge in [-0.05, 0) is 69.3 Å². The third kappa shape index (κ3) is 20.5. The molecule has 0 aromatic heterocycles. The zero-order valence-electron chi connectivity index (χ0n) is 30.0. The zero-order chi connectivity index (χ0) is 42.7. The molecule has 1 aliphatic rings. The number of alkyl halides is 3. The lowest BCUT2D eigenvalue weighted by Gasteiger charge is -2.34. The summed E-state index contributed by atoms with van der Waals surface area (Å²) in [6.07, 6.45) is -4.99. The molecule has 2 amide bonds. The van der Waals surface area contributed by atoms with E-state index < -0.39 is 66.5 Å². The number of hydrogen-bond donors (Lipinski definition) is 8. The Morgan fingerprint density at radius 2 is 1.14 bits per heavy atom. The third-order valence-corrected chi connectivity index (χ3v) is 9.47. The van der Waals surface area contributed by atoms with Gasteiger partial charge in [-0.25, -0.2) is 4.79 Å². The molecule has 20 nitrogen and oxygen atoms in total. The molecule has 0 spiro atoms. The number of rotatable bonds is 15. The number of halogens is 5. The fourth-order valence-electron chi connectivity index (χ4n) is 4.98. The number of carbonyl (C=O) groups is 7. The van der Waals surface area contributed by atoms with Gasteiger partial charge in [0.25, 0.3) is 0 Å². The predicted molar refractivity (Wildman–Crippen MR) is 205 cm³/mol. The van der Waals surface area contributed by atoms with Crippen LogP contribution in [0.1, 0.15) is 5.56 Å². The summed E-state index contributed by atoms with van der Waals surface area (Å²) >= 11 is 3.93. The summed E-state index contributed by atoms with van der Waals surface area (Å²) in [6.45, 7) is 0.0707. The number of carboxylic acid groups (broad SMARTS) is 4. The van der Waals surface area contributed by atoms with Crippen molar-refractivity contribution in [1.82, 2.24) is 30.2 Å². The molecule has 1 aromatic rings. The maximum absolute atomic E-state index is 13.3. The van der Waals surface area contributed by atoms with E-state index in [2.05, 4.69) is 15.4 Å². The van der Waals surface area contributed by atoms with E-state index in [1.807, 2.05) is 45.2 Å². The topological polar surface area (TPSA) is 293 Å². The number of benzene rings is 1. The molecule has 316 valence electrons. The summed E-state index contributed by atoms with van der Waals surface area (Å²) < 4.78 is 37.5. The summed E-state index contributed by atoms with van der Waals surface area (Å²) in [5, 5.41) is 50.7. The molecule has 2 rings (SSSR count). The van der Waals surface area contributed by atoms with Crippen molar-refractivity contribution in [2.75, 3.05) is 92.2 Å². The number of nitrogens with one attached hydrogen (secondary N) is 2. The van der Waals surface area contributed by atoms with E-state index in [-0.39, 0.29) is 90.7 Å². The number of phenols is 1. The van der Waals surface area contributed by atoms with E-state index in [4.69, 9.17) is 15.6 Å². The van der Waals surface area contributed by atoms with Crippen LogP contribution in [0, 0.1) is 7.14 Å². The van der Waals surface area contributed by atoms with Gasteiger partial charge in [0.05, 0.1) is 39.9 Å². The fourth-order valence-corrected chi connectivity index (χ4v) is 6.87. The molecule has 1 fully saturated rings. The fraction of sp³-hybridized carbons (Fsp3) is 0.581. The molecular formula is C31H44F3I2N7O13. The van der Waals surface area contributed by atoms with E-state index in [0.29, 0.717) is 12.7 Å². The molecule has 25 heteroatoms. The minimum absolute atomic E-state index is 0.0888. The van der Waals surface area contributed by atoms with Crippen molar-refractivity contribution < 1.29 is 77.0 Å². The smallest absolute Gasteiger partial charge is 0.490 e. The lowest BCUT2D eigenvalue weighted by atomic mass is 10.1. The van der Waals surface area contributed by atoms with Gasteiger partial charge in [-0.2, -0.15) is 13.2 Å². The average molecular weight is 1030 g/mol. The Bertz CT molecular complexity index is 1490. The highest BCUT2D eigenvalue weighted by Gasteiger charge is 2.38. The van der Waals surface area contributed by atoms with Crippen molar-refractivity contribution in [1.29, 1.82) is 0 Å². The number of methoxy groups -OCH3 is 1. The molecule has 1 saturated heterocycles.